The Morgan fingerprint density at radius 2 is 2.09 bits per heavy atom. The molecule has 2 aromatic rings. The van der Waals surface area contributed by atoms with E-state index in [-0.39, 0.29) is 5.69 Å². The van der Waals surface area contributed by atoms with Crippen LogP contribution in [-0.4, -0.2) is 15.7 Å². The molecule has 1 amide bonds. The number of carbonyl (C=O) groups is 1. The summed E-state index contributed by atoms with van der Waals surface area (Å²) in [6.07, 6.45) is 1.35. The molecular formula is C15H14F2N4O. The maximum atomic E-state index is 13.8. The number of rotatable bonds is 3. The van der Waals surface area contributed by atoms with Crippen LogP contribution < -0.4 is 5.32 Å². The van der Waals surface area contributed by atoms with Gasteiger partial charge in [0, 0.05) is 6.07 Å². The molecule has 0 saturated carbocycles. The Hall–Kier alpha value is -2.75. The number of aromatic nitrogens is 2. The summed E-state index contributed by atoms with van der Waals surface area (Å²) in [4.78, 5) is 12.0. The molecule has 1 heterocycles. The van der Waals surface area contributed by atoms with Crippen molar-refractivity contribution in [3.05, 3.63) is 41.7 Å². The summed E-state index contributed by atoms with van der Waals surface area (Å²) in [5, 5.41) is 15.5. The maximum absolute atomic E-state index is 13.8. The predicted molar refractivity (Wildman–Crippen MR) is 76.2 cm³/mol. The SMILES string of the molecule is Cc1c(NC(=O)C(C)(C)C#N)cnn1-c1ccc(F)cc1F. The Morgan fingerprint density at radius 3 is 2.68 bits per heavy atom. The van der Waals surface area contributed by atoms with Crippen molar-refractivity contribution in [2.24, 2.45) is 5.41 Å². The van der Waals surface area contributed by atoms with E-state index in [9.17, 15) is 13.6 Å². The van der Waals surface area contributed by atoms with E-state index in [0.29, 0.717) is 11.4 Å². The molecule has 0 fully saturated rings. The molecule has 1 N–H and O–H groups in total. The van der Waals surface area contributed by atoms with Gasteiger partial charge in [-0.25, -0.2) is 13.5 Å². The number of benzene rings is 1. The minimum atomic E-state index is -1.20. The third-order valence-corrected chi connectivity index (χ3v) is 3.24. The van der Waals surface area contributed by atoms with Crippen LogP contribution in [0.1, 0.15) is 19.5 Å². The van der Waals surface area contributed by atoms with Crippen molar-refractivity contribution in [3.8, 4) is 11.8 Å². The number of nitrogens with zero attached hydrogens (tertiary/aromatic N) is 3. The highest BCUT2D eigenvalue weighted by atomic mass is 19.1. The van der Waals surface area contributed by atoms with Gasteiger partial charge in [0.05, 0.1) is 23.6 Å². The molecule has 22 heavy (non-hydrogen) atoms. The lowest BCUT2D eigenvalue weighted by Crippen LogP contribution is -2.29. The van der Waals surface area contributed by atoms with Gasteiger partial charge < -0.3 is 5.32 Å². The molecule has 0 bridgehead atoms. The lowest BCUT2D eigenvalue weighted by Gasteiger charge is -2.14. The summed E-state index contributed by atoms with van der Waals surface area (Å²) in [7, 11) is 0. The van der Waals surface area contributed by atoms with Crippen LogP contribution in [-0.2, 0) is 4.79 Å². The molecule has 1 aromatic carbocycles. The zero-order valence-electron chi connectivity index (χ0n) is 12.3. The first-order chi connectivity index (χ1) is 10.3. The van der Waals surface area contributed by atoms with Crippen molar-refractivity contribution in [1.29, 1.82) is 5.26 Å². The molecule has 114 valence electrons. The lowest BCUT2D eigenvalue weighted by atomic mass is 9.95. The normalized spacial score (nSPS) is 11.1. The highest BCUT2D eigenvalue weighted by molar-refractivity contribution is 5.96. The van der Waals surface area contributed by atoms with Gasteiger partial charge in [0.1, 0.15) is 16.9 Å². The molecule has 0 aliphatic rings. The van der Waals surface area contributed by atoms with Crippen LogP contribution in [0.5, 0.6) is 0 Å². The van der Waals surface area contributed by atoms with Crippen LogP contribution in [0, 0.1) is 35.3 Å². The van der Waals surface area contributed by atoms with E-state index in [0.717, 1.165) is 12.1 Å². The summed E-state index contributed by atoms with van der Waals surface area (Å²) >= 11 is 0. The van der Waals surface area contributed by atoms with Crippen LogP contribution >= 0.6 is 0 Å². The van der Waals surface area contributed by atoms with Crippen molar-refractivity contribution >= 4 is 11.6 Å². The third kappa shape index (κ3) is 2.81. The zero-order valence-corrected chi connectivity index (χ0v) is 12.3. The fraction of sp³-hybridized carbons (Fsp3) is 0.267. The zero-order chi connectivity index (χ0) is 16.5. The smallest absolute Gasteiger partial charge is 0.244 e. The van der Waals surface area contributed by atoms with Gasteiger partial charge in [-0.1, -0.05) is 0 Å². The summed E-state index contributed by atoms with van der Waals surface area (Å²) in [5.74, 6) is -1.94. The molecule has 7 heteroatoms. The summed E-state index contributed by atoms with van der Waals surface area (Å²) in [5.41, 5.74) is -0.307. The van der Waals surface area contributed by atoms with E-state index >= 15 is 0 Å². The second-order valence-corrected chi connectivity index (χ2v) is 5.34. The summed E-state index contributed by atoms with van der Waals surface area (Å²) in [6.45, 7) is 4.61. The molecule has 0 unspecified atom stereocenters. The number of carbonyl (C=O) groups excluding carboxylic acids is 1. The largest absolute Gasteiger partial charge is 0.322 e. The van der Waals surface area contributed by atoms with Crippen molar-refractivity contribution < 1.29 is 13.6 Å². The minimum Gasteiger partial charge on any atom is -0.322 e. The fourth-order valence-corrected chi connectivity index (χ4v) is 1.76. The molecule has 0 aliphatic carbocycles. The molecule has 5 nitrogen and oxygen atoms in total. The lowest BCUT2D eigenvalue weighted by molar-refractivity contribution is -0.121. The Bertz CT molecular complexity index is 774. The van der Waals surface area contributed by atoms with Crippen LogP contribution in [0.2, 0.25) is 0 Å². The van der Waals surface area contributed by atoms with Crippen molar-refractivity contribution in [2.45, 2.75) is 20.8 Å². The van der Waals surface area contributed by atoms with Gasteiger partial charge in [-0.05, 0) is 32.9 Å². The van der Waals surface area contributed by atoms with Gasteiger partial charge in [0.25, 0.3) is 0 Å². The molecule has 0 radical (unpaired) electrons. The van der Waals surface area contributed by atoms with E-state index in [2.05, 4.69) is 10.4 Å². The Labute approximate surface area is 126 Å². The topological polar surface area (TPSA) is 70.7 Å². The van der Waals surface area contributed by atoms with Gasteiger partial charge in [-0.15, -0.1) is 0 Å². The minimum absolute atomic E-state index is 0.0685. The number of nitriles is 1. The Kier molecular flexibility index (Phi) is 3.95. The van der Waals surface area contributed by atoms with Crippen molar-refractivity contribution in [3.63, 3.8) is 0 Å². The molecule has 0 atom stereocenters. The van der Waals surface area contributed by atoms with Crippen LogP contribution in [0.4, 0.5) is 14.5 Å². The Balaban J connectivity index is 2.35. The maximum Gasteiger partial charge on any atom is 0.244 e. The van der Waals surface area contributed by atoms with Crippen molar-refractivity contribution in [2.75, 3.05) is 5.32 Å². The number of halogens is 2. The molecule has 0 saturated heterocycles. The first kappa shape index (κ1) is 15.6. The second kappa shape index (κ2) is 5.56. The molecular weight excluding hydrogens is 290 g/mol. The number of nitrogens with one attached hydrogen (secondary N) is 1. The summed E-state index contributed by atoms with van der Waals surface area (Å²) in [6, 6.07) is 5.03. The predicted octanol–water partition coefficient (Wildman–Crippen LogP) is 2.95. The van der Waals surface area contributed by atoms with Gasteiger partial charge in [-0.3, -0.25) is 4.79 Å². The fourth-order valence-electron chi connectivity index (χ4n) is 1.76. The number of amides is 1. The quantitative estimate of drug-likeness (QED) is 0.947. The van der Waals surface area contributed by atoms with Gasteiger partial charge >= 0.3 is 0 Å². The molecule has 2 rings (SSSR count). The van der Waals surface area contributed by atoms with Gasteiger partial charge in [-0.2, -0.15) is 10.4 Å². The van der Waals surface area contributed by atoms with E-state index in [4.69, 9.17) is 5.26 Å². The average molecular weight is 304 g/mol. The monoisotopic (exact) mass is 304 g/mol. The van der Waals surface area contributed by atoms with E-state index < -0.39 is 23.0 Å². The highest BCUT2D eigenvalue weighted by Gasteiger charge is 2.28. The number of anilines is 1. The number of hydrogen-bond donors (Lipinski definition) is 1. The van der Waals surface area contributed by atoms with Crippen LogP contribution in [0.3, 0.4) is 0 Å². The highest BCUT2D eigenvalue weighted by Crippen LogP contribution is 2.23. The standard InChI is InChI=1S/C15H14F2N4O/c1-9-12(20-14(22)15(2,3)8-18)7-19-21(9)13-5-4-10(16)6-11(13)17/h4-7H,1-3H3,(H,20,22). The van der Waals surface area contributed by atoms with E-state index in [1.54, 1.807) is 6.92 Å². The van der Waals surface area contributed by atoms with Crippen LogP contribution in [0.15, 0.2) is 24.4 Å². The average Bonchev–Trinajstić information content (AvgIpc) is 2.80. The van der Waals surface area contributed by atoms with Gasteiger partial charge in [0.2, 0.25) is 5.91 Å². The molecule has 0 spiro atoms. The van der Waals surface area contributed by atoms with Gasteiger partial charge in [0.15, 0.2) is 5.82 Å². The Morgan fingerprint density at radius 1 is 1.41 bits per heavy atom. The third-order valence-electron chi connectivity index (χ3n) is 3.24. The van der Waals surface area contributed by atoms with E-state index in [1.807, 2.05) is 6.07 Å². The van der Waals surface area contributed by atoms with E-state index in [1.165, 1.54) is 30.8 Å². The number of hydrogen-bond acceptors (Lipinski definition) is 3. The summed E-state index contributed by atoms with van der Waals surface area (Å²) < 4.78 is 28.0. The molecule has 0 aliphatic heterocycles. The van der Waals surface area contributed by atoms with Crippen LogP contribution in [0.25, 0.3) is 5.69 Å². The second-order valence-electron chi connectivity index (χ2n) is 5.34. The van der Waals surface area contributed by atoms with Crippen molar-refractivity contribution in [1.82, 2.24) is 9.78 Å². The first-order valence-electron chi connectivity index (χ1n) is 6.49. The molecule has 1 aromatic heterocycles. The first-order valence-corrected chi connectivity index (χ1v) is 6.49.